The van der Waals surface area contributed by atoms with Gasteiger partial charge in [0.2, 0.25) is 5.91 Å². The Labute approximate surface area is 111 Å². The van der Waals surface area contributed by atoms with Gasteiger partial charge in [0, 0.05) is 36.3 Å². The lowest BCUT2D eigenvalue weighted by Crippen LogP contribution is -2.27. The molecule has 0 spiro atoms. The van der Waals surface area contributed by atoms with Crippen molar-refractivity contribution in [3.8, 4) is 0 Å². The van der Waals surface area contributed by atoms with E-state index in [-0.39, 0.29) is 11.6 Å². The molecule has 0 saturated heterocycles. The summed E-state index contributed by atoms with van der Waals surface area (Å²) in [4.78, 5) is 21.9. The first-order chi connectivity index (χ1) is 9.08. The summed E-state index contributed by atoms with van der Waals surface area (Å²) in [5.74, 6) is 0.0260. The Kier molecular flexibility index (Phi) is 3.99. The van der Waals surface area contributed by atoms with Crippen LogP contribution in [0.4, 0.5) is 11.4 Å². The molecule has 0 unspecified atom stereocenters. The predicted molar refractivity (Wildman–Crippen MR) is 72.1 cm³/mol. The number of nitro benzene ring substituents is 1. The first-order valence-corrected chi connectivity index (χ1v) is 6.35. The van der Waals surface area contributed by atoms with Crippen molar-refractivity contribution in [3.05, 3.63) is 33.9 Å². The van der Waals surface area contributed by atoms with E-state index in [4.69, 9.17) is 0 Å². The average Bonchev–Trinajstić information content (AvgIpc) is 3.14. The quantitative estimate of drug-likeness (QED) is 0.607. The summed E-state index contributed by atoms with van der Waals surface area (Å²) in [7, 11) is 0. The second kappa shape index (κ2) is 5.69. The monoisotopic (exact) mass is 263 g/mol. The van der Waals surface area contributed by atoms with E-state index in [0.29, 0.717) is 30.3 Å². The molecular weight excluding hydrogens is 246 g/mol. The molecule has 0 aromatic heterocycles. The van der Waals surface area contributed by atoms with E-state index >= 15 is 0 Å². The molecule has 1 amide bonds. The van der Waals surface area contributed by atoms with Crippen molar-refractivity contribution in [1.82, 2.24) is 5.32 Å². The van der Waals surface area contributed by atoms with Gasteiger partial charge in [-0.2, -0.15) is 0 Å². The highest BCUT2D eigenvalue weighted by atomic mass is 16.6. The summed E-state index contributed by atoms with van der Waals surface area (Å²) < 4.78 is 0. The Hall–Kier alpha value is -2.11. The highest BCUT2D eigenvalue weighted by Crippen LogP contribution is 2.24. The molecule has 1 saturated carbocycles. The third-order valence-corrected chi connectivity index (χ3v) is 3.11. The van der Waals surface area contributed by atoms with Crippen LogP contribution >= 0.6 is 0 Å². The molecule has 1 aromatic rings. The molecule has 19 heavy (non-hydrogen) atoms. The number of nitrogens with zero attached hydrogens (tertiary/aromatic N) is 1. The summed E-state index contributed by atoms with van der Waals surface area (Å²) in [6, 6.07) is 5.26. The first kappa shape index (κ1) is 13.3. The van der Waals surface area contributed by atoms with Crippen molar-refractivity contribution in [3.63, 3.8) is 0 Å². The minimum Gasteiger partial charge on any atom is -0.384 e. The molecule has 102 valence electrons. The summed E-state index contributed by atoms with van der Waals surface area (Å²) in [6.45, 7) is 2.17. The van der Waals surface area contributed by atoms with Crippen molar-refractivity contribution in [1.29, 1.82) is 0 Å². The van der Waals surface area contributed by atoms with E-state index in [1.165, 1.54) is 6.07 Å². The maximum Gasteiger partial charge on any atom is 0.274 e. The standard InChI is InChI=1S/C13H17N3O3/c1-9-11(3-2-4-12(9)16(18)19)14-8-7-13(17)15-10-5-6-10/h2-4,10,14H,5-8H2,1H3,(H,15,17). The maximum atomic E-state index is 11.5. The van der Waals surface area contributed by atoms with Crippen LogP contribution in [0.15, 0.2) is 18.2 Å². The van der Waals surface area contributed by atoms with Crippen LogP contribution in [0.3, 0.4) is 0 Å². The van der Waals surface area contributed by atoms with Crippen molar-refractivity contribution >= 4 is 17.3 Å². The average molecular weight is 263 g/mol. The van der Waals surface area contributed by atoms with Gasteiger partial charge in [0.05, 0.1) is 4.92 Å². The highest BCUT2D eigenvalue weighted by Gasteiger charge is 2.22. The van der Waals surface area contributed by atoms with Gasteiger partial charge in [0.25, 0.3) is 5.69 Å². The van der Waals surface area contributed by atoms with Gasteiger partial charge < -0.3 is 10.6 Å². The lowest BCUT2D eigenvalue weighted by atomic mass is 10.1. The van der Waals surface area contributed by atoms with E-state index in [1.54, 1.807) is 19.1 Å². The van der Waals surface area contributed by atoms with E-state index in [0.717, 1.165) is 12.8 Å². The molecule has 6 heteroatoms. The predicted octanol–water partition coefficient (Wildman–Crippen LogP) is 1.98. The lowest BCUT2D eigenvalue weighted by Gasteiger charge is -2.09. The molecule has 2 rings (SSSR count). The fourth-order valence-electron chi connectivity index (χ4n) is 1.85. The Morgan fingerprint density at radius 2 is 2.21 bits per heavy atom. The van der Waals surface area contributed by atoms with Crippen LogP contribution in [0, 0.1) is 17.0 Å². The van der Waals surface area contributed by atoms with Gasteiger partial charge in [-0.25, -0.2) is 0 Å². The van der Waals surface area contributed by atoms with E-state index in [1.807, 2.05) is 0 Å². The molecule has 0 atom stereocenters. The number of rotatable bonds is 6. The van der Waals surface area contributed by atoms with Gasteiger partial charge in [-0.05, 0) is 25.8 Å². The van der Waals surface area contributed by atoms with Crippen molar-refractivity contribution < 1.29 is 9.72 Å². The second-order valence-corrected chi connectivity index (χ2v) is 4.73. The summed E-state index contributed by atoms with van der Waals surface area (Å²) in [5, 5.41) is 16.8. The number of amides is 1. The fourth-order valence-corrected chi connectivity index (χ4v) is 1.85. The minimum atomic E-state index is -0.402. The number of hydrogen-bond donors (Lipinski definition) is 2. The Morgan fingerprint density at radius 3 is 2.84 bits per heavy atom. The normalized spacial score (nSPS) is 13.9. The van der Waals surface area contributed by atoms with Gasteiger partial charge in [0.15, 0.2) is 0 Å². The third kappa shape index (κ3) is 3.67. The van der Waals surface area contributed by atoms with Crippen molar-refractivity contribution in [2.45, 2.75) is 32.2 Å². The van der Waals surface area contributed by atoms with Gasteiger partial charge in [0.1, 0.15) is 0 Å². The van der Waals surface area contributed by atoms with Crippen LogP contribution in [0.2, 0.25) is 0 Å². The molecular formula is C13H17N3O3. The zero-order valence-electron chi connectivity index (χ0n) is 10.8. The van der Waals surface area contributed by atoms with E-state index < -0.39 is 4.92 Å². The molecule has 1 fully saturated rings. The van der Waals surface area contributed by atoms with E-state index in [9.17, 15) is 14.9 Å². The molecule has 0 aliphatic heterocycles. The first-order valence-electron chi connectivity index (χ1n) is 6.35. The number of carbonyl (C=O) groups is 1. The molecule has 0 radical (unpaired) electrons. The largest absolute Gasteiger partial charge is 0.384 e. The number of nitro groups is 1. The zero-order chi connectivity index (χ0) is 13.8. The fraction of sp³-hybridized carbons (Fsp3) is 0.462. The Morgan fingerprint density at radius 1 is 1.47 bits per heavy atom. The summed E-state index contributed by atoms with van der Waals surface area (Å²) in [6.07, 6.45) is 2.52. The van der Waals surface area contributed by atoms with Gasteiger partial charge in [-0.3, -0.25) is 14.9 Å². The van der Waals surface area contributed by atoms with Crippen LogP contribution in [-0.4, -0.2) is 23.4 Å². The third-order valence-electron chi connectivity index (χ3n) is 3.11. The van der Waals surface area contributed by atoms with Crippen LogP contribution in [-0.2, 0) is 4.79 Å². The van der Waals surface area contributed by atoms with Crippen LogP contribution in [0.25, 0.3) is 0 Å². The van der Waals surface area contributed by atoms with Crippen molar-refractivity contribution in [2.24, 2.45) is 0 Å². The molecule has 1 aliphatic carbocycles. The van der Waals surface area contributed by atoms with Crippen LogP contribution < -0.4 is 10.6 Å². The zero-order valence-corrected chi connectivity index (χ0v) is 10.8. The molecule has 0 bridgehead atoms. The SMILES string of the molecule is Cc1c(NCCC(=O)NC2CC2)cccc1[N+](=O)[O-]. The highest BCUT2D eigenvalue weighted by molar-refractivity contribution is 5.77. The van der Waals surface area contributed by atoms with E-state index in [2.05, 4.69) is 10.6 Å². The van der Waals surface area contributed by atoms with Gasteiger partial charge in [-0.1, -0.05) is 6.07 Å². The van der Waals surface area contributed by atoms with Crippen LogP contribution in [0.5, 0.6) is 0 Å². The Balaban J connectivity index is 1.86. The molecule has 1 aromatic carbocycles. The summed E-state index contributed by atoms with van der Waals surface area (Å²) in [5.41, 5.74) is 1.39. The molecule has 1 aliphatic rings. The van der Waals surface area contributed by atoms with Crippen molar-refractivity contribution in [2.75, 3.05) is 11.9 Å². The number of nitrogens with one attached hydrogen (secondary N) is 2. The molecule has 0 heterocycles. The number of anilines is 1. The molecule has 2 N–H and O–H groups in total. The number of benzene rings is 1. The minimum absolute atomic E-state index is 0.0260. The Bertz CT molecular complexity index is 498. The van der Waals surface area contributed by atoms with Crippen LogP contribution in [0.1, 0.15) is 24.8 Å². The summed E-state index contributed by atoms with van der Waals surface area (Å²) >= 11 is 0. The second-order valence-electron chi connectivity index (χ2n) is 4.73. The topological polar surface area (TPSA) is 84.3 Å². The van der Waals surface area contributed by atoms with Gasteiger partial charge in [-0.15, -0.1) is 0 Å². The smallest absolute Gasteiger partial charge is 0.274 e. The maximum absolute atomic E-state index is 11.5. The lowest BCUT2D eigenvalue weighted by molar-refractivity contribution is -0.385. The number of carbonyl (C=O) groups excluding carboxylic acids is 1. The number of hydrogen-bond acceptors (Lipinski definition) is 4. The van der Waals surface area contributed by atoms with Gasteiger partial charge >= 0.3 is 0 Å². The molecule has 6 nitrogen and oxygen atoms in total.